The second-order valence-electron chi connectivity index (χ2n) is 6.47. The average Bonchev–Trinajstić information content (AvgIpc) is 2.28. The number of carbonyl (C=O) groups is 1. The first-order chi connectivity index (χ1) is 9.19. The maximum atomic E-state index is 11.3. The molecule has 0 bridgehead atoms. The number of ether oxygens (including phenoxy) is 1. The Morgan fingerprint density at radius 3 is 2.60 bits per heavy atom. The van der Waals surface area contributed by atoms with Gasteiger partial charge in [-0.2, -0.15) is 0 Å². The van der Waals surface area contributed by atoms with Gasteiger partial charge in [-0.1, -0.05) is 39.5 Å². The molecule has 0 aliphatic rings. The molecule has 112 valence electrons. The van der Waals surface area contributed by atoms with Gasteiger partial charge in [0.05, 0.1) is 12.2 Å². The molecular weight excluding hydrogens is 256 g/mol. The van der Waals surface area contributed by atoms with E-state index >= 15 is 0 Å². The lowest BCUT2D eigenvalue weighted by Crippen LogP contribution is -2.13. The molecule has 4 nitrogen and oxygen atoms in total. The topological polar surface area (TPSA) is 69.6 Å². The summed E-state index contributed by atoms with van der Waals surface area (Å²) in [5.74, 6) is -0.745. The molecule has 20 heavy (non-hydrogen) atoms. The molecule has 0 amide bonds. The SMILES string of the molecule is CC(CCOc1ccc([O-])c(C(=O)O)c1)CC(C)(C)C. The number of hydrogen-bond donors (Lipinski definition) is 1. The van der Waals surface area contributed by atoms with Gasteiger partial charge in [-0.05, 0) is 36.3 Å². The molecule has 0 saturated heterocycles. The minimum absolute atomic E-state index is 0.245. The number of carboxylic acid groups (broad SMARTS) is 1. The normalized spacial score (nSPS) is 13.0. The van der Waals surface area contributed by atoms with Crippen LogP contribution in [0.2, 0.25) is 0 Å². The maximum Gasteiger partial charge on any atom is 0.335 e. The van der Waals surface area contributed by atoms with E-state index in [1.54, 1.807) is 0 Å². The Bertz CT molecular complexity index is 460. The third kappa shape index (κ3) is 5.51. The van der Waals surface area contributed by atoms with Crippen LogP contribution in [0.1, 0.15) is 50.9 Å². The molecule has 4 heteroatoms. The van der Waals surface area contributed by atoms with Crippen LogP contribution in [0.3, 0.4) is 0 Å². The summed E-state index contributed by atoms with van der Waals surface area (Å²) < 4.78 is 5.53. The highest BCUT2D eigenvalue weighted by atomic mass is 16.5. The van der Waals surface area contributed by atoms with Gasteiger partial charge in [-0.3, -0.25) is 0 Å². The predicted molar refractivity (Wildman–Crippen MR) is 76.2 cm³/mol. The van der Waals surface area contributed by atoms with Gasteiger partial charge in [-0.25, -0.2) is 4.79 Å². The van der Waals surface area contributed by atoms with Gasteiger partial charge in [0.1, 0.15) is 5.75 Å². The summed E-state index contributed by atoms with van der Waals surface area (Å²) in [5.41, 5.74) is 0.0466. The summed E-state index contributed by atoms with van der Waals surface area (Å²) in [6, 6.07) is 4.04. The fourth-order valence-corrected chi connectivity index (χ4v) is 2.29. The molecule has 1 unspecified atom stereocenters. The summed E-state index contributed by atoms with van der Waals surface area (Å²) in [5, 5.41) is 20.2. The number of carboxylic acids is 1. The highest BCUT2D eigenvalue weighted by Gasteiger charge is 2.15. The fraction of sp³-hybridized carbons (Fsp3) is 0.562. The zero-order valence-electron chi connectivity index (χ0n) is 12.6. The molecule has 1 N–H and O–H groups in total. The molecule has 1 aromatic carbocycles. The molecule has 0 fully saturated rings. The average molecular weight is 279 g/mol. The van der Waals surface area contributed by atoms with E-state index in [-0.39, 0.29) is 5.56 Å². The Balaban J connectivity index is 2.50. The van der Waals surface area contributed by atoms with Crippen LogP contribution in [0.4, 0.5) is 0 Å². The second kappa shape index (κ2) is 6.64. The van der Waals surface area contributed by atoms with E-state index in [1.807, 2.05) is 0 Å². The zero-order chi connectivity index (χ0) is 15.3. The van der Waals surface area contributed by atoms with Gasteiger partial charge in [0.2, 0.25) is 0 Å². The Kier molecular flexibility index (Phi) is 5.43. The van der Waals surface area contributed by atoms with Gasteiger partial charge in [0.25, 0.3) is 0 Å². The molecule has 0 spiro atoms. The Labute approximate surface area is 120 Å². The first kappa shape index (κ1) is 16.3. The molecule has 0 heterocycles. The first-order valence-electron chi connectivity index (χ1n) is 6.86. The molecule has 1 atom stereocenters. The maximum absolute atomic E-state index is 11.3. The highest BCUT2D eigenvalue weighted by Crippen LogP contribution is 2.26. The number of aromatic carboxylic acids is 1. The second-order valence-corrected chi connectivity index (χ2v) is 6.47. The van der Waals surface area contributed by atoms with Gasteiger partial charge < -0.3 is 14.9 Å². The lowest BCUT2D eigenvalue weighted by Gasteiger charge is -2.23. The third-order valence-corrected chi connectivity index (χ3v) is 3.02. The van der Waals surface area contributed by atoms with Crippen LogP contribution in [-0.2, 0) is 0 Å². The van der Waals surface area contributed by atoms with Crippen molar-refractivity contribution in [2.45, 2.75) is 40.5 Å². The standard InChI is InChI=1S/C16H24O4/c1-11(10-16(2,3)4)7-8-20-12-5-6-14(17)13(9-12)15(18)19/h5-6,9,11,17H,7-8,10H2,1-4H3,(H,18,19)/p-1. The van der Waals surface area contributed by atoms with Crippen molar-refractivity contribution in [3.8, 4) is 11.5 Å². The summed E-state index contributed by atoms with van der Waals surface area (Å²) in [6.45, 7) is 9.32. The molecule has 0 aromatic heterocycles. The van der Waals surface area contributed by atoms with Crippen LogP contribution in [-0.4, -0.2) is 17.7 Å². The van der Waals surface area contributed by atoms with Crippen LogP contribution in [0.15, 0.2) is 18.2 Å². The van der Waals surface area contributed by atoms with Crippen molar-refractivity contribution >= 4 is 5.97 Å². The summed E-state index contributed by atoms with van der Waals surface area (Å²) in [4.78, 5) is 10.9. The predicted octanol–water partition coefficient (Wildman–Crippen LogP) is 3.30. The van der Waals surface area contributed by atoms with E-state index in [0.29, 0.717) is 23.7 Å². The van der Waals surface area contributed by atoms with Crippen LogP contribution < -0.4 is 9.84 Å². The largest absolute Gasteiger partial charge is 0.872 e. The smallest absolute Gasteiger partial charge is 0.335 e. The van der Waals surface area contributed by atoms with Crippen LogP contribution in [0, 0.1) is 11.3 Å². The van der Waals surface area contributed by atoms with Crippen molar-refractivity contribution < 1.29 is 19.7 Å². The zero-order valence-corrected chi connectivity index (χ0v) is 12.6. The van der Waals surface area contributed by atoms with Crippen molar-refractivity contribution in [2.24, 2.45) is 11.3 Å². The van der Waals surface area contributed by atoms with Crippen molar-refractivity contribution in [3.63, 3.8) is 0 Å². The molecule has 1 aromatic rings. The quantitative estimate of drug-likeness (QED) is 0.867. The highest BCUT2D eigenvalue weighted by molar-refractivity contribution is 5.91. The van der Waals surface area contributed by atoms with Crippen LogP contribution >= 0.6 is 0 Å². The lowest BCUT2D eigenvalue weighted by molar-refractivity contribution is -0.268. The van der Waals surface area contributed by atoms with Crippen molar-refractivity contribution in [2.75, 3.05) is 6.61 Å². The third-order valence-electron chi connectivity index (χ3n) is 3.02. The molecular formula is C16H23O4-. The summed E-state index contributed by atoms with van der Waals surface area (Å²) in [6.07, 6.45) is 2.01. The number of benzene rings is 1. The van der Waals surface area contributed by atoms with E-state index in [1.165, 1.54) is 18.2 Å². The summed E-state index contributed by atoms with van der Waals surface area (Å²) >= 11 is 0. The van der Waals surface area contributed by atoms with Crippen LogP contribution in [0.25, 0.3) is 0 Å². The van der Waals surface area contributed by atoms with Gasteiger partial charge in [-0.15, -0.1) is 0 Å². The van der Waals surface area contributed by atoms with Gasteiger partial charge in [0.15, 0.2) is 0 Å². The Hall–Kier alpha value is -1.71. The minimum Gasteiger partial charge on any atom is -0.872 e. The van der Waals surface area contributed by atoms with Crippen molar-refractivity contribution in [1.82, 2.24) is 0 Å². The molecule has 0 aliphatic carbocycles. The molecule has 0 saturated carbocycles. The first-order valence-corrected chi connectivity index (χ1v) is 6.86. The Morgan fingerprint density at radius 1 is 1.40 bits per heavy atom. The summed E-state index contributed by atoms with van der Waals surface area (Å²) in [7, 11) is 0. The van der Waals surface area contributed by atoms with Gasteiger partial charge >= 0.3 is 5.97 Å². The number of hydrogen-bond acceptors (Lipinski definition) is 3. The van der Waals surface area contributed by atoms with E-state index in [4.69, 9.17) is 9.84 Å². The van der Waals surface area contributed by atoms with Crippen LogP contribution in [0.5, 0.6) is 11.5 Å². The van der Waals surface area contributed by atoms with E-state index in [2.05, 4.69) is 27.7 Å². The minimum atomic E-state index is -1.22. The Morgan fingerprint density at radius 2 is 2.05 bits per heavy atom. The van der Waals surface area contributed by atoms with E-state index < -0.39 is 11.7 Å². The molecule has 0 radical (unpaired) electrons. The fourth-order valence-electron chi connectivity index (χ4n) is 2.29. The van der Waals surface area contributed by atoms with Crippen molar-refractivity contribution in [1.29, 1.82) is 0 Å². The van der Waals surface area contributed by atoms with Gasteiger partial charge in [0, 0.05) is 0 Å². The van der Waals surface area contributed by atoms with E-state index in [9.17, 15) is 9.90 Å². The molecule has 0 aliphatic heterocycles. The van der Waals surface area contributed by atoms with Crippen molar-refractivity contribution in [3.05, 3.63) is 23.8 Å². The monoisotopic (exact) mass is 279 g/mol. The molecule has 1 rings (SSSR count). The number of rotatable bonds is 6. The van der Waals surface area contributed by atoms with E-state index in [0.717, 1.165) is 12.8 Å². The lowest BCUT2D eigenvalue weighted by atomic mass is 9.84.